The van der Waals surface area contributed by atoms with Crippen LogP contribution in [0, 0.1) is 0 Å². The van der Waals surface area contributed by atoms with Crippen molar-refractivity contribution < 1.29 is 0 Å². The molecule has 11 heavy (non-hydrogen) atoms. The monoisotopic (exact) mass is 153 g/mol. The fourth-order valence-electron chi connectivity index (χ4n) is 1.17. The van der Waals surface area contributed by atoms with E-state index >= 15 is 0 Å². The summed E-state index contributed by atoms with van der Waals surface area (Å²) in [6.07, 6.45) is 1.92. The molecule has 1 heterocycles. The molecule has 1 unspecified atom stereocenters. The number of likely N-dealkylation sites (N-methyl/N-ethyl adjacent to an activating group) is 1. The Morgan fingerprint density at radius 2 is 2.36 bits per heavy atom. The van der Waals surface area contributed by atoms with Crippen LogP contribution in [0.1, 0.15) is 11.7 Å². The normalized spacial score (nSPS) is 13.8. The molecule has 1 rings (SSSR count). The molecule has 0 amide bonds. The summed E-state index contributed by atoms with van der Waals surface area (Å²) in [7, 11) is 4.05. The van der Waals surface area contributed by atoms with Gasteiger partial charge in [0, 0.05) is 18.4 Å². The van der Waals surface area contributed by atoms with Crippen LogP contribution in [0.2, 0.25) is 0 Å². The third-order valence-corrected chi connectivity index (χ3v) is 1.83. The number of hydrogen-bond donors (Lipinski definition) is 2. The molecule has 1 aromatic rings. The molecule has 3 heteroatoms. The van der Waals surface area contributed by atoms with Crippen molar-refractivity contribution in [2.24, 2.45) is 5.73 Å². The van der Waals surface area contributed by atoms with Gasteiger partial charge in [0.15, 0.2) is 0 Å². The SMILES string of the molecule is CN(C)C(CN)c1ccc[nH]1. The summed E-state index contributed by atoms with van der Waals surface area (Å²) >= 11 is 0. The van der Waals surface area contributed by atoms with Crippen LogP contribution in [0.5, 0.6) is 0 Å². The predicted molar refractivity (Wildman–Crippen MR) is 46.3 cm³/mol. The van der Waals surface area contributed by atoms with Gasteiger partial charge >= 0.3 is 0 Å². The van der Waals surface area contributed by atoms with Gasteiger partial charge in [0.2, 0.25) is 0 Å². The Bertz CT molecular complexity index is 191. The van der Waals surface area contributed by atoms with E-state index in [1.54, 1.807) is 0 Å². The first-order chi connectivity index (χ1) is 5.25. The Morgan fingerprint density at radius 3 is 2.73 bits per heavy atom. The lowest BCUT2D eigenvalue weighted by Crippen LogP contribution is -2.27. The fraction of sp³-hybridized carbons (Fsp3) is 0.500. The van der Waals surface area contributed by atoms with Gasteiger partial charge in [-0.05, 0) is 26.2 Å². The summed E-state index contributed by atoms with van der Waals surface area (Å²) < 4.78 is 0. The molecule has 3 nitrogen and oxygen atoms in total. The minimum absolute atomic E-state index is 0.310. The van der Waals surface area contributed by atoms with Crippen LogP contribution in [-0.4, -0.2) is 30.5 Å². The summed E-state index contributed by atoms with van der Waals surface area (Å²) in [5.74, 6) is 0. The second-order valence-corrected chi connectivity index (χ2v) is 2.84. The van der Waals surface area contributed by atoms with Crippen molar-refractivity contribution in [3.8, 4) is 0 Å². The molecular weight excluding hydrogens is 138 g/mol. The molecule has 1 atom stereocenters. The number of H-pyrrole nitrogens is 1. The lowest BCUT2D eigenvalue weighted by Gasteiger charge is -2.21. The lowest BCUT2D eigenvalue weighted by atomic mass is 10.2. The van der Waals surface area contributed by atoms with Gasteiger partial charge in [-0.2, -0.15) is 0 Å². The fourth-order valence-corrected chi connectivity index (χ4v) is 1.17. The average molecular weight is 153 g/mol. The van der Waals surface area contributed by atoms with Crippen LogP contribution in [0.4, 0.5) is 0 Å². The molecule has 0 aliphatic heterocycles. The van der Waals surface area contributed by atoms with Crippen LogP contribution in [0.15, 0.2) is 18.3 Å². The summed E-state index contributed by atoms with van der Waals surface area (Å²) in [6, 6.07) is 4.35. The zero-order chi connectivity index (χ0) is 8.27. The second kappa shape index (κ2) is 3.55. The molecule has 0 saturated carbocycles. The topological polar surface area (TPSA) is 45.0 Å². The first kappa shape index (κ1) is 8.30. The summed E-state index contributed by atoms with van der Waals surface area (Å²) in [4.78, 5) is 5.25. The highest BCUT2D eigenvalue weighted by molar-refractivity contribution is 5.09. The number of nitrogens with two attached hydrogens (primary N) is 1. The molecule has 0 saturated heterocycles. The number of rotatable bonds is 3. The Labute approximate surface area is 67.2 Å². The number of nitrogens with one attached hydrogen (secondary N) is 1. The van der Waals surface area contributed by atoms with Crippen LogP contribution in [0.3, 0.4) is 0 Å². The average Bonchev–Trinajstić information content (AvgIpc) is 2.40. The molecule has 0 fully saturated rings. The maximum absolute atomic E-state index is 5.60. The van der Waals surface area contributed by atoms with E-state index < -0.39 is 0 Å². The highest BCUT2D eigenvalue weighted by Gasteiger charge is 2.11. The Balaban J connectivity index is 2.71. The van der Waals surface area contributed by atoms with Crippen LogP contribution < -0.4 is 5.73 Å². The highest BCUT2D eigenvalue weighted by Crippen LogP contribution is 2.13. The largest absolute Gasteiger partial charge is 0.364 e. The van der Waals surface area contributed by atoms with Gasteiger partial charge < -0.3 is 10.7 Å². The van der Waals surface area contributed by atoms with Crippen molar-refractivity contribution in [1.82, 2.24) is 9.88 Å². The van der Waals surface area contributed by atoms with Gasteiger partial charge in [-0.1, -0.05) is 0 Å². The van der Waals surface area contributed by atoms with Crippen molar-refractivity contribution in [2.45, 2.75) is 6.04 Å². The highest BCUT2D eigenvalue weighted by atomic mass is 15.1. The minimum atomic E-state index is 0.310. The quantitative estimate of drug-likeness (QED) is 0.667. The molecule has 1 aromatic heterocycles. The third-order valence-electron chi connectivity index (χ3n) is 1.83. The lowest BCUT2D eigenvalue weighted by molar-refractivity contribution is 0.301. The van der Waals surface area contributed by atoms with Crippen molar-refractivity contribution in [2.75, 3.05) is 20.6 Å². The third kappa shape index (κ3) is 1.82. The summed E-state index contributed by atoms with van der Waals surface area (Å²) in [6.45, 7) is 0.646. The van der Waals surface area contributed by atoms with Crippen molar-refractivity contribution in [3.63, 3.8) is 0 Å². The molecule has 3 N–H and O–H groups in total. The number of hydrogen-bond acceptors (Lipinski definition) is 2. The molecule has 62 valence electrons. The smallest absolute Gasteiger partial charge is 0.0617 e. The van der Waals surface area contributed by atoms with Gasteiger partial charge in [0.05, 0.1) is 6.04 Å². The molecule has 0 radical (unpaired) electrons. The van der Waals surface area contributed by atoms with Crippen molar-refractivity contribution in [1.29, 1.82) is 0 Å². The molecule has 0 aliphatic rings. The van der Waals surface area contributed by atoms with E-state index in [9.17, 15) is 0 Å². The zero-order valence-electron chi connectivity index (χ0n) is 7.04. The van der Waals surface area contributed by atoms with E-state index in [2.05, 4.69) is 16.0 Å². The van der Waals surface area contributed by atoms with Crippen molar-refractivity contribution >= 4 is 0 Å². The first-order valence-electron chi connectivity index (χ1n) is 3.75. The molecule has 0 aliphatic carbocycles. The Morgan fingerprint density at radius 1 is 1.64 bits per heavy atom. The van der Waals surface area contributed by atoms with Gasteiger partial charge in [-0.15, -0.1) is 0 Å². The van der Waals surface area contributed by atoms with E-state index in [1.165, 1.54) is 5.69 Å². The van der Waals surface area contributed by atoms with Crippen LogP contribution in [0.25, 0.3) is 0 Å². The predicted octanol–water partition coefficient (Wildman–Crippen LogP) is 0.576. The van der Waals surface area contributed by atoms with Gasteiger partial charge in [-0.25, -0.2) is 0 Å². The van der Waals surface area contributed by atoms with Crippen LogP contribution >= 0.6 is 0 Å². The number of nitrogens with zero attached hydrogens (tertiary/aromatic N) is 1. The van der Waals surface area contributed by atoms with Crippen LogP contribution in [-0.2, 0) is 0 Å². The van der Waals surface area contributed by atoms with E-state index in [1.807, 2.05) is 26.4 Å². The molecular formula is C8H15N3. The summed E-state index contributed by atoms with van der Waals surface area (Å²) in [5.41, 5.74) is 6.78. The minimum Gasteiger partial charge on any atom is -0.364 e. The Kier molecular flexibility index (Phi) is 2.68. The van der Waals surface area contributed by atoms with Gasteiger partial charge in [0.1, 0.15) is 0 Å². The number of aromatic nitrogens is 1. The molecule has 0 aromatic carbocycles. The molecule has 0 spiro atoms. The van der Waals surface area contributed by atoms with Crippen molar-refractivity contribution in [3.05, 3.63) is 24.0 Å². The zero-order valence-corrected chi connectivity index (χ0v) is 7.04. The van der Waals surface area contributed by atoms with E-state index in [0.717, 1.165) is 0 Å². The first-order valence-corrected chi connectivity index (χ1v) is 3.75. The van der Waals surface area contributed by atoms with E-state index in [-0.39, 0.29) is 0 Å². The maximum Gasteiger partial charge on any atom is 0.0617 e. The molecule has 0 bridgehead atoms. The standard InChI is InChI=1S/C8H15N3/c1-11(2)8(6-9)7-4-3-5-10-7/h3-5,8,10H,6,9H2,1-2H3. The maximum atomic E-state index is 5.60. The number of aromatic amines is 1. The van der Waals surface area contributed by atoms with Gasteiger partial charge in [0.25, 0.3) is 0 Å². The Hall–Kier alpha value is -0.800. The summed E-state index contributed by atoms with van der Waals surface area (Å²) in [5, 5.41) is 0. The van der Waals surface area contributed by atoms with E-state index in [0.29, 0.717) is 12.6 Å². The van der Waals surface area contributed by atoms with Gasteiger partial charge in [-0.3, -0.25) is 4.90 Å². The second-order valence-electron chi connectivity index (χ2n) is 2.84. The van der Waals surface area contributed by atoms with E-state index in [4.69, 9.17) is 5.73 Å².